The summed E-state index contributed by atoms with van der Waals surface area (Å²) in [5.74, 6) is 1.40. The lowest BCUT2D eigenvalue weighted by molar-refractivity contribution is 0.0106. The highest BCUT2D eigenvalue weighted by atomic mass is 16.3. The number of aliphatic hydroxyl groups excluding tert-OH is 1. The molecule has 1 N–H and O–H groups in total. The number of rotatable bonds is 3. The molecule has 4 unspecified atom stereocenters. The average molecular weight is 266 g/mol. The molecule has 0 radical (unpaired) electrons. The van der Waals surface area contributed by atoms with Crippen LogP contribution in [0.25, 0.3) is 0 Å². The van der Waals surface area contributed by atoms with Crippen molar-refractivity contribution in [3.05, 3.63) is 0 Å². The van der Waals surface area contributed by atoms with E-state index >= 15 is 0 Å². The van der Waals surface area contributed by atoms with Crippen LogP contribution < -0.4 is 0 Å². The highest BCUT2D eigenvalue weighted by Gasteiger charge is 2.34. The van der Waals surface area contributed by atoms with Crippen molar-refractivity contribution in [2.75, 3.05) is 32.7 Å². The van der Waals surface area contributed by atoms with E-state index in [0.29, 0.717) is 5.92 Å². The van der Waals surface area contributed by atoms with E-state index in [9.17, 15) is 5.11 Å². The molecule has 2 aliphatic heterocycles. The summed E-state index contributed by atoms with van der Waals surface area (Å²) in [5, 5.41) is 10.3. The fourth-order valence-corrected chi connectivity index (χ4v) is 4.47. The second-order valence-electron chi connectivity index (χ2n) is 7.01. The third-order valence-corrected chi connectivity index (χ3v) is 5.79. The Hall–Kier alpha value is -0.120. The first-order chi connectivity index (χ1) is 9.26. The second kappa shape index (κ2) is 6.11. The van der Waals surface area contributed by atoms with Gasteiger partial charge in [0.1, 0.15) is 0 Å². The molecule has 2 heterocycles. The molecule has 3 heteroatoms. The van der Waals surface area contributed by atoms with E-state index in [0.717, 1.165) is 24.9 Å². The molecule has 0 aromatic heterocycles. The van der Waals surface area contributed by atoms with E-state index in [2.05, 4.69) is 16.7 Å². The molecule has 0 amide bonds. The molecule has 0 bridgehead atoms. The predicted molar refractivity (Wildman–Crippen MR) is 78.2 cm³/mol. The lowest BCUT2D eigenvalue weighted by atomic mass is 9.78. The van der Waals surface area contributed by atoms with Crippen molar-refractivity contribution in [2.45, 2.75) is 57.6 Å². The largest absolute Gasteiger partial charge is 0.393 e. The second-order valence-corrected chi connectivity index (χ2v) is 7.01. The Morgan fingerprint density at radius 3 is 2.84 bits per heavy atom. The molecule has 3 fully saturated rings. The van der Waals surface area contributed by atoms with Gasteiger partial charge in [-0.1, -0.05) is 13.3 Å². The number of piperazine rings is 1. The number of hydrogen-bond acceptors (Lipinski definition) is 3. The van der Waals surface area contributed by atoms with Crippen LogP contribution in [0.4, 0.5) is 0 Å². The number of hydrogen-bond donors (Lipinski definition) is 1. The minimum atomic E-state index is -0.0376. The molecule has 0 aromatic rings. The van der Waals surface area contributed by atoms with Gasteiger partial charge in [-0.15, -0.1) is 0 Å². The monoisotopic (exact) mass is 266 g/mol. The van der Waals surface area contributed by atoms with Crippen molar-refractivity contribution in [3.63, 3.8) is 0 Å². The van der Waals surface area contributed by atoms with Crippen LogP contribution in [0.3, 0.4) is 0 Å². The Bertz CT molecular complexity index is 296. The van der Waals surface area contributed by atoms with E-state index in [1.165, 1.54) is 58.3 Å². The van der Waals surface area contributed by atoms with Crippen molar-refractivity contribution >= 4 is 0 Å². The van der Waals surface area contributed by atoms with E-state index in [1.807, 2.05) is 0 Å². The summed E-state index contributed by atoms with van der Waals surface area (Å²) in [6, 6.07) is 0.816. The molecular formula is C16H30N2O. The third-order valence-electron chi connectivity index (χ3n) is 5.79. The van der Waals surface area contributed by atoms with Crippen molar-refractivity contribution in [2.24, 2.45) is 11.8 Å². The quantitative estimate of drug-likeness (QED) is 0.846. The molecule has 0 aromatic carbocycles. The minimum Gasteiger partial charge on any atom is -0.393 e. The summed E-state index contributed by atoms with van der Waals surface area (Å²) in [7, 11) is 0. The standard InChI is InChI=1S/C16H30N2O/c1-2-13-5-6-16(19)14(10-13)11-17-8-9-18-7-3-4-15(18)12-17/h13-16,19H,2-12H2,1H3. The summed E-state index contributed by atoms with van der Waals surface area (Å²) in [6.07, 6.45) is 7.56. The molecule has 19 heavy (non-hydrogen) atoms. The topological polar surface area (TPSA) is 26.7 Å². The van der Waals surface area contributed by atoms with Gasteiger partial charge in [0, 0.05) is 32.2 Å². The first-order valence-corrected chi connectivity index (χ1v) is 8.40. The van der Waals surface area contributed by atoms with E-state index in [1.54, 1.807) is 0 Å². The molecule has 2 saturated heterocycles. The molecule has 1 aliphatic carbocycles. The SMILES string of the molecule is CCC1CCC(O)C(CN2CCN3CCCC3C2)C1. The highest BCUT2D eigenvalue weighted by Crippen LogP contribution is 2.32. The number of nitrogens with zero attached hydrogens (tertiary/aromatic N) is 2. The van der Waals surface area contributed by atoms with Crippen LogP contribution in [0.15, 0.2) is 0 Å². The summed E-state index contributed by atoms with van der Waals surface area (Å²) in [4.78, 5) is 5.31. The number of fused-ring (bicyclic) bond motifs is 1. The molecule has 1 saturated carbocycles. The average Bonchev–Trinajstić information content (AvgIpc) is 2.89. The summed E-state index contributed by atoms with van der Waals surface area (Å²) in [5.41, 5.74) is 0. The van der Waals surface area contributed by atoms with Crippen LogP contribution in [0.5, 0.6) is 0 Å². The van der Waals surface area contributed by atoms with Crippen molar-refractivity contribution in [1.29, 1.82) is 0 Å². The van der Waals surface area contributed by atoms with Gasteiger partial charge in [-0.3, -0.25) is 4.90 Å². The molecule has 110 valence electrons. The molecule has 0 spiro atoms. The molecule has 3 rings (SSSR count). The zero-order chi connectivity index (χ0) is 13.2. The van der Waals surface area contributed by atoms with Crippen molar-refractivity contribution < 1.29 is 5.11 Å². The van der Waals surface area contributed by atoms with Gasteiger partial charge in [0.05, 0.1) is 6.10 Å². The maximum absolute atomic E-state index is 10.3. The summed E-state index contributed by atoms with van der Waals surface area (Å²) >= 11 is 0. The van der Waals surface area contributed by atoms with Gasteiger partial charge in [0.15, 0.2) is 0 Å². The minimum absolute atomic E-state index is 0.0376. The van der Waals surface area contributed by atoms with Gasteiger partial charge in [0.2, 0.25) is 0 Å². The Morgan fingerprint density at radius 2 is 2.00 bits per heavy atom. The van der Waals surface area contributed by atoms with Crippen LogP contribution in [0.1, 0.15) is 45.4 Å². The lowest BCUT2D eigenvalue weighted by Crippen LogP contribution is -2.52. The van der Waals surface area contributed by atoms with Gasteiger partial charge in [0.25, 0.3) is 0 Å². The first kappa shape index (κ1) is 13.8. The highest BCUT2D eigenvalue weighted by molar-refractivity contribution is 4.89. The van der Waals surface area contributed by atoms with Gasteiger partial charge < -0.3 is 10.0 Å². The van der Waals surface area contributed by atoms with Crippen molar-refractivity contribution in [1.82, 2.24) is 9.80 Å². The third kappa shape index (κ3) is 3.14. The number of aliphatic hydroxyl groups is 1. The van der Waals surface area contributed by atoms with Crippen LogP contribution in [0.2, 0.25) is 0 Å². The first-order valence-electron chi connectivity index (χ1n) is 8.40. The van der Waals surface area contributed by atoms with Crippen LogP contribution >= 0.6 is 0 Å². The van der Waals surface area contributed by atoms with E-state index in [-0.39, 0.29) is 6.10 Å². The maximum atomic E-state index is 10.3. The zero-order valence-corrected chi connectivity index (χ0v) is 12.4. The smallest absolute Gasteiger partial charge is 0.0580 e. The molecular weight excluding hydrogens is 236 g/mol. The van der Waals surface area contributed by atoms with Gasteiger partial charge in [-0.05, 0) is 50.5 Å². The Labute approximate surface area is 118 Å². The van der Waals surface area contributed by atoms with Crippen LogP contribution in [0, 0.1) is 11.8 Å². The lowest BCUT2D eigenvalue weighted by Gasteiger charge is -2.41. The van der Waals surface area contributed by atoms with Gasteiger partial charge in [-0.2, -0.15) is 0 Å². The Kier molecular flexibility index (Phi) is 4.45. The Balaban J connectivity index is 1.52. The summed E-state index contributed by atoms with van der Waals surface area (Å²) in [6.45, 7) is 8.49. The fourth-order valence-electron chi connectivity index (χ4n) is 4.47. The van der Waals surface area contributed by atoms with Crippen LogP contribution in [-0.4, -0.2) is 59.8 Å². The van der Waals surface area contributed by atoms with E-state index < -0.39 is 0 Å². The zero-order valence-electron chi connectivity index (χ0n) is 12.4. The summed E-state index contributed by atoms with van der Waals surface area (Å²) < 4.78 is 0. The van der Waals surface area contributed by atoms with Gasteiger partial charge in [-0.25, -0.2) is 0 Å². The van der Waals surface area contributed by atoms with Crippen molar-refractivity contribution in [3.8, 4) is 0 Å². The van der Waals surface area contributed by atoms with E-state index in [4.69, 9.17) is 0 Å². The predicted octanol–water partition coefficient (Wildman–Crippen LogP) is 1.95. The van der Waals surface area contributed by atoms with Gasteiger partial charge >= 0.3 is 0 Å². The van der Waals surface area contributed by atoms with Crippen LogP contribution in [-0.2, 0) is 0 Å². The molecule has 4 atom stereocenters. The normalized spacial score (nSPS) is 41.4. The molecule has 3 nitrogen and oxygen atoms in total. The Morgan fingerprint density at radius 1 is 1.11 bits per heavy atom. The maximum Gasteiger partial charge on any atom is 0.0580 e. The molecule has 3 aliphatic rings. The fraction of sp³-hybridized carbons (Fsp3) is 1.00.